The van der Waals surface area contributed by atoms with Crippen LogP contribution in [0.1, 0.15) is 45.1 Å². The van der Waals surface area contributed by atoms with E-state index in [2.05, 4.69) is 14.9 Å². The van der Waals surface area contributed by atoms with Gasteiger partial charge in [-0.3, -0.25) is 9.69 Å². The summed E-state index contributed by atoms with van der Waals surface area (Å²) < 4.78 is 5.49. The molecule has 1 aliphatic heterocycles. The van der Waals surface area contributed by atoms with Gasteiger partial charge < -0.3 is 4.74 Å². The molecule has 2 heterocycles. The molecule has 6 heteroatoms. The molecule has 1 atom stereocenters. The first-order chi connectivity index (χ1) is 9.74. The van der Waals surface area contributed by atoms with Crippen LogP contribution in [0.15, 0.2) is 6.07 Å². The first kappa shape index (κ1) is 16.2. The number of hydrogen-bond donors (Lipinski definition) is 0. The van der Waals surface area contributed by atoms with E-state index < -0.39 is 5.60 Å². The van der Waals surface area contributed by atoms with Crippen LogP contribution in [0.3, 0.4) is 0 Å². The van der Waals surface area contributed by atoms with Crippen LogP contribution >= 0.6 is 11.6 Å². The number of likely N-dealkylation sites (tertiary alicyclic amines) is 1. The van der Waals surface area contributed by atoms with Crippen molar-refractivity contribution in [3.05, 3.63) is 22.7 Å². The molecule has 0 aliphatic carbocycles. The molecule has 5 nitrogen and oxygen atoms in total. The van der Waals surface area contributed by atoms with Crippen LogP contribution in [0.2, 0.25) is 5.15 Å². The van der Waals surface area contributed by atoms with Gasteiger partial charge in [-0.15, -0.1) is 0 Å². The molecule has 0 saturated carbocycles. The number of nitrogens with zero attached hydrogens (tertiary/aromatic N) is 3. The van der Waals surface area contributed by atoms with Gasteiger partial charge in [0, 0.05) is 5.69 Å². The summed E-state index contributed by atoms with van der Waals surface area (Å²) in [7, 11) is 0. The molecular weight excluding hydrogens is 290 g/mol. The summed E-state index contributed by atoms with van der Waals surface area (Å²) in [6.45, 7) is 8.89. The van der Waals surface area contributed by atoms with Gasteiger partial charge in [0.1, 0.15) is 22.6 Å². The van der Waals surface area contributed by atoms with Crippen molar-refractivity contribution >= 4 is 17.6 Å². The Balaban J connectivity index is 2.06. The highest BCUT2D eigenvalue weighted by molar-refractivity contribution is 6.29. The standard InChI is InChI=1S/C15H22ClN3O2/c1-10-8-12(16)18-13(17-10)9-19-7-5-6-11(19)14(20)21-15(2,3)4/h8,11H,5-7,9H2,1-4H3/t11-/m1/s1. The van der Waals surface area contributed by atoms with Crippen molar-refractivity contribution in [2.45, 2.75) is 58.7 Å². The monoisotopic (exact) mass is 311 g/mol. The Bertz CT molecular complexity index is 508. The van der Waals surface area contributed by atoms with Gasteiger partial charge in [0.15, 0.2) is 0 Å². The Labute approximate surface area is 130 Å². The average molecular weight is 312 g/mol. The minimum atomic E-state index is -0.464. The van der Waals surface area contributed by atoms with Gasteiger partial charge >= 0.3 is 5.97 Å². The molecule has 0 N–H and O–H groups in total. The van der Waals surface area contributed by atoms with E-state index in [0.29, 0.717) is 17.5 Å². The molecule has 0 spiro atoms. The Morgan fingerprint density at radius 1 is 1.48 bits per heavy atom. The Hall–Kier alpha value is -1.20. The SMILES string of the molecule is Cc1cc(Cl)nc(CN2CCC[C@@H]2C(=O)OC(C)(C)C)n1. The number of aromatic nitrogens is 2. The largest absolute Gasteiger partial charge is 0.459 e. The van der Waals surface area contributed by atoms with Crippen LogP contribution in [0, 0.1) is 6.92 Å². The number of carbonyl (C=O) groups is 1. The highest BCUT2D eigenvalue weighted by Crippen LogP contribution is 2.22. The Morgan fingerprint density at radius 2 is 2.19 bits per heavy atom. The van der Waals surface area contributed by atoms with Crippen molar-refractivity contribution in [3.63, 3.8) is 0 Å². The maximum Gasteiger partial charge on any atom is 0.323 e. The lowest BCUT2D eigenvalue weighted by Crippen LogP contribution is -2.40. The van der Waals surface area contributed by atoms with Gasteiger partial charge in [0.25, 0.3) is 0 Å². The fourth-order valence-electron chi connectivity index (χ4n) is 2.49. The number of halogens is 1. The highest BCUT2D eigenvalue weighted by Gasteiger charge is 2.34. The lowest BCUT2D eigenvalue weighted by Gasteiger charge is -2.26. The quantitative estimate of drug-likeness (QED) is 0.634. The van der Waals surface area contributed by atoms with Crippen molar-refractivity contribution in [1.82, 2.24) is 14.9 Å². The normalized spacial score (nSPS) is 19.8. The van der Waals surface area contributed by atoms with Crippen molar-refractivity contribution < 1.29 is 9.53 Å². The molecule has 1 fully saturated rings. The molecule has 0 bridgehead atoms. The van der Waals surface area contributed by atoms with Gasteiger partial charge in [-0.1, -0.05) is 11.6 Å². The summed E-state index contributed by atoms with van der Waals surface area (Å²) >= 11 is 5.96. The minimum Gasteiger partial charge on any atom is -0.459 e. The molecule has 0 amide bonds. The van der Waals surface area contributed by atoms with Crippen LogP contribution in [0.25, 0.3) is 0 Å². The first-order valence-electron chi connectivity index (χ1n) is 7.21. The summed E-state index contributed by atoms with van der Waals surface area (Å²) in [5.41, 5.74) is 0.368. The molecule has 1 aromatic heterocycles. The topological polar surface area (TPSA) is 55.3 Å². The number of carbonyl (C=O) groups excluding carboxylic acids is 1. The average Bonchev–Trinajstić information content (AvgIpc) is 2.73. The van der Waals surface area contributed by atoms with E-state index in [9.17, 15) is 4.79 Å². The molecule has 2 rings (SSSR count). The maximum absolute atomic E-state index is 12.3. The molecule has 116 valence electrons. The second kappa shape index (κ2) is 6.28. The number of ether oxygens (including phenoxy) is 1. The summed E-state index contributed by atoms with van der Waals surface area (Å²) in [5.74, 6) is 0.481. The van der Waals surface area contributed by atoms with Gasteiger partial charge in [-0.05, 0) is 53.1 Å². The van der Waals surface area contributed by atoms with E-state index in [1.807, 2.05) is 27.7 Å². The number of aryl methyl sites for hydroxylation is 1. The lowest BCUT2D eigenvalue weighted by atomic mass is 10.1. The molecule has 1 aromatic rings. The molecule has 1 saturated heterocycles. The number of esters is 1. The maximum atomic E-state index is 12.3. The zero-order valence-corrected chi connectivity index (χ0v) is 13.8. The van der Waals surface area contributed by atoms with E-state index in [1.165, 1.54) is 0 Å². The molecule has 0 radical (unpaired) electrons. The van der Waals surface area contributed by atoms with Crippen molar-refractivity contribution in [3.8, 4) is 0 Å². The van der Waals surface area contributed by atoms with Crippen LogP contribution in [0.4, 0.5) is 0 Å². The molecule has 1 aliphatic rings. The molecule has 21 heavy (non-hydrogen) atoms. The predicted molar refractivity (Wildman–Crippen MR) is 81.1 cm³/mol. The van der Waals surface area contributed by atoms with Crippen molar-refractivity contribution in [1.29, 1.82) is 0 Å². The smallest absolute Gasteiger partial charge is 0.323 e. The van der Waals surface area contributed by atoms with Crippen LogP contribution in [-0.2, 0) is 16.1 Å². The first-order valence-corrected chi connectivity index (χ1v) is 7.59. The van der Waals surface area contributed by atoms with Crippen LogP contribution < -0.4 is 0 Å². The third-order valence-corrected chi connectivity index (χ3v) is 3.45. The van der Waals surface area contributed by atoms with Crippen LogP contribution in [-0.4, -0.2) is 39.0 Å². The van der Waals surface area contributed by atoms with Gasteiger partial charge in [0.2, 0.25) is 0 Å². The highest BCUT2D eigenvalue weighted by atomic mass is 35.5. The summed E-state index contributed by atoms with van der Waals surface area (Å²) in [6.07, 6.45) is 1.79. The minimum absolute atomic E-state index is 0.168. The van der Waals surface area contributed by atoms with E-state index in [0.717, 1.165) is 25.1 Å². The Kier molecular flexibility index (Phi) is 4.84. The lowest BCUT2D eigenvalue weighted by molar-refractivity contribution is -0.160. The Morgan fingerprint density at radius 3 is 2.81 bits per heavy atom. The fourth-order valence-corrected chi connectivity index (χ4v) is 2.75. The van der Waals surface area contributed by atoms with Gasteiger partial charge in [-0.25, -0.2) is 9.97 Å². The van der Waals surface area contributed by atoms with E-state index in [-0.39, 0.29) is 12.0 Å². The summed E-state index contributed by atoms with van der Waals surface area (Å²) in [4.78, 5) is 22.9. The van der Waals surface area contributed by atoms with E-state index in [1.54, 1.807) is 6.07 Å². The van der Waals surface area contributed by atoms with Gasteiger partial charge in [-0.2, -0.15) is 0 Å². The zero-order chi connectivity index (χ0) is 15.6. The molecular formula is C15H22ClN3O2. The van der Waals surface area contributed by atoms with Crippen molar-refractivity contribution in [2.75, 3.05) is 6.54 Å². The van der Waals surface area contributed by atoms with Crippen molar-refractivity contribution in [2.24, 2.45) is 0 Å². The second-order valence-electron chi connectivity index (χ2n) is 6.41. The summed E-state index contributed by atoms with van der Waals surface area (Å²) in [5, 5.41) is 0.436. The molecule has 0 aromatic carbocycles. The summed E-state index contributed by atoms with van der Waals surface area (Å²) in [6, 6.07) is 1.51. The predicted octanol–water partition coefficient (Wildman–Crippen LogP) is 2.74. The van der Waals surface area contributed by atoms with E-state index >= 15 is 0 Å². The number of hydrogen-bond acceptors (Lipinski definition) is 5. The zero-order valence-electron chi connectivity index (χ0n) is 13.0. The van der Waals surface area contributed by atoms with E-state index in [4.69, 9.17) is 16.3 Å². The third kappa shape index (κ3) is 4.64. The van der Waals surface area contributed by atoms with Crippen LogP contribution in [0.5, 0.6) is 0 Å². The van der Waals surface area contributed by atoms with Gasteiger partial charge in [0.05, 0.1) is 6.54 Å². The molecule has 0 unspecified atom stereocenters. The third-order valence-electron chi connectivity index (χ3n) is 3.26. The second-order valence-corrected chi connectivity index (χ2v) is 6.80. The number of rotatable bonds is 3. The fraction of sp³-hybridized carbons (Fsp3) is 0.667.